The van der Waals surface area contributed by atoms with Crippen molar-refractivity contribution in [2.75, 3.05) is 6.61 Å². The average molecular weight is 489 g/mol. The molecule has 2 atom stereocenters. The topological polar surface area (TPSA) is 58.6 Å². The third-order valence-electron chi connectivity index (χ3n) is 5.41. The van der Waals surface area contributed by atoms with Crippen LogP contribution in [0.5, 0.6) is 5.75 Å². The number of hydrogen-bond donors (Lipinski definition) is 1. The van der Waals surface area contributed by atoms with Crippen LogP contribution in [-0.4, -0.2) is 35.4 Å². The number of nitrogens with one attached hydrogen (secondary N) is 1. The van der Waals surface area contributed by atoms with Crippen molar-refractivity contribution in [3.05, 3.63) is 63.1 Å². The number of halogens is 1. The monoisotopic (exact) mass is 488 g/mol. The highest BCUT2D eigenvalue weighted by Gasteiger charge is 2.27. The van der Waals surface area contributed by atoms with E-state index in [4.69, 9.17) is 4.74 Å². The zero-order chi connectivity index (χ0) is 23.1. The van der Waals surface area contributed by atoms with E-state index in [1.165, 1.54) is 0 Å². The van der Waals surface area contributed by atoms with Crippen LogP contribution in [0.25, 0.3) is 0 Å². The van der Waals surface area contributed by atoms with E-state index in [9.17, 15) is 9.59 Å². The Morgan fingerprint density at radius 1 is 1.06 bits per heavy atom. The van der Waals surface area contributed by atoms with Crippen molar-refractivity contribution in [2.24, 2.45) is 0 Å². The lowest BCUT2D eigenvalue weighted by atomic mass is 10.1. The number of benzene rings is 2. The molecule has 2 amide bonds. The summed E-state index contributed by atoms with van der Waals surface area (Å²) in [6.07, 6.45) is 0.829. The van der Waals surface area contributed by atoms with Crippen molar-refractivity contribution in [3.63, 3.8) is 0 Å². The minimum absolute atomic E-state index is 0.0521. The first-order valence-electron chi connectivity index (χ1n) is 10.7. The van der Waals surface area contributed by atoms with E-state index in [1.54, 1.807) is 11.8 Å². The summed E-state index contributed by atoms with van der Waals surface area (Å²) in [5.74, 6) is 0.245. The number of hydrogen-bond acceptors (Lipinski definition) is 3. The minimum atomic E-state index is -0.611. The molecule has 0 aliphatic rings. The zero-order valence-corrected chi connectivity index (χ0v) is 20.9. The van der Waals surface area contributed by atoms with Gasteiger partial charge in [0, 0.05) is 17.1 Å². The normalized spacial score (nSPS) is 12.7. The number of ether oxygens (including phenoxy) is 1. The Hall–Kier alpha value is -2.34. The summed E-state index contributed by atoms with van der Waals surface area (Å²) < 4.78 is 6.84. The number of amides is 2. The van der Waals surface area contributed by atoms with Crippen LogP contribution < -0.4 is 10.1 Å². The molecule has 0 saturated carbocycles. The van der Waals surface area contributed by atoms with E-state index >= 15 is 0 Å². The van der Waals surface area contributed by atoms with E-state index in [-0.39, 0.29) is 24.5 Å². The van der Waals surface area contributed by atoms with Crippen molar-refractivity contribution >= 4 is 27.7 Å². The highest BCUT2D eigenvalue weighted by molar-refractivity contribution is 9.10. The van der Waals surface area contributed by atoms with Gasteiger partial charge in [0.1, 0.15) is 11.8 Å². The largest absolute Gasteiger partial charge is 0.484 e. The SMILES string of the molecule is CC[C@H](C)NC(=O)[C@H](C)N(Cc1ccc(C)cc1)C(=O)COc1cc(C)c(Br)c(C)c1. The van der Waals surface area contributed by atoms with Crippen molar-refractivity contribution in [1.29, 1.82) is 0 Å². The second-order valence-corrected chi connectivity index (χ2v) is 8.95. The predicted molar refractivity (Wildman–Crippen MR) is 128 cm³/mol. The molecular weight excluding hydrogens is 456 g/mol. The van der Waals surface area contributed by atoms with Gasteiger partial charge in [-0.15, -0.1) is 0 Å². The van der Waals surface area contributed by atoms with E-state index in [0.29, 0.717) is 12.3 Å². The fourth-order valence-corrected chi connectivity index (χ4v) is 3.38. The van der Waals surface area contributed by atoms with Gasteiger partial charge < -0.3 is 15.0 Å². The van der Waals surface area contributed by atoms with Gasteiger partial charge in [-0.1, -0.05) is 52.7 Å². The molecule has 0 aromatic heterocycles. The molecule has 2 rings (SSSR count). The minimum Gasteiger partial charge on any atom is -0.484 e. The molecule has 0 saturated heterocycles. The number of carbonyl (C=O) groups excluding carboxylic acids is 2. The summed E-state index contributed by atoms with van der Waals surface area (Å²) >= 11 is 3.54. The Labute approximate surface area is 194 Å². The van der Waals surface area contributed by atoms with Crippen LogP contribution in [-0.2, 0) is 16.1 Å². The lowest BCUT2D eigenvalue weighted by Gasteiger charge is -2.29. The van der Waals surface area contributed by atoms with Crippen LogP contribution in [0, 0.1) is 20.8 Å². The number of carbonyl (C=O) groups is 2. The molecular formula is C25H33BrN2O3. The highest BCUT2D eigenvalue weighted by atomic mass is 79.9. The summed E-state index contributed by atoms with van der Waals surface area (Å²) in [6, 6.07) is 11.2. The first-order valence-corrected chi connectivity index (χ1v) is 11.5. The molecule has 31 heavy (non-hydrogen) atoms. The summed E-state index contributed by atoms with van der Waals surface area (Å²) in [4.78, 5) is 27.5. The molecule has 0 radical (unpaired) electrons. The molecule has 0 fully saturated rings. The molecule has 0 spiro atoms. The lowest BCUT2D eigenvalue weighted by Crippen LogP contribution is -2.50. The van der Waals surface area contributed by atoms with Gasteiger partial charge >= 0.3 is 0 Å². The van der Waals surface area contributed by atoms with Gasteiger partial charge in [-0.25, -0.2) is 0 Å². The Morgan fingerprint density at radius 3 is 2.19 bits per heavy atom. The van der Waals surface area contributed by atoms with E-state index < -0.39 is 6.04 Å². The van der Waals surface area contributed by atoms with Crippen LogP contribution in [0.15, 0.2) is 40.9 Å². The van der Waals surface area contributed by atoms with Crippen molar-refractivity contribution in [2.45, 2.75) is 66.6 Å². The third-order valence-corrected chi connectivity index (χ3v) is 6.66. The van der Waals surface area contributed by atoms with Gasteiger partial charge in [-0.05, 0) is 69.9 Å². The molecule has 2 aromatic carbocycles. The average Bonchev–Trinajstić information content (AvgIpc) is 2.74. The third kappa shape index (κ3) is 7.10. The molecule has 168 valence electrons. The van der Waals surface area contributed by atoms with Crippen molar-refractivity contribution < 1.29 is 14.3 Å². The molecule has 1 N–H and O–H groups in total. The van der Waals surface area contributed by atoms with E-state index in [1.807, 2.05) is 71.0 Å². The molecule has 0 heterocycles. The maximum absolute atomic E-state index is 13.1. The Morgan fingerprint density at radius 2 is 1.65 bits per heavy atom. The molecule has 5 nitrogen and oxygen atoms in total. The highest BCUT2D eigenvalue weighted by Crippen LogP contribution is 2.26. The van der Waals surface area contributed by atoms with E-state index in [2.05, 4.69) is 21.2 Å². The van der Waals surface area contributed by atoms with Gasteiger partial charge in [-0.2, -0.15) is 0 Å². The predicted octanol–water partition coefficient (Wildman–Crippen LogP) is 5.09. The van der Waals surface area contributed by atoms with Gasteiger partial charge in [0.05, 0.1) is 0 Å². The van der Waals surface area contributed by atoms with Crippen LogP contribution in [0.3, 0.4) is 0 Å². The standard InChI is InChI=1S/C25H33BrN2O3/c1-7-19(5)27-25(30)20(6)28(14-21-10-8-16(2)9-11-21)23(29)15-31-22-12-17(3)24(26)18(4)13-22/h8-13,19-20H,7,14-15H2,1-6H3,(H,27,30)/t19-,20-/m0/s1. The summed E-state index contributed by atoms with van der Waals surface area (Å²) in [6.45, 7) is 11.9. The fraction of sp³-hybridized carbons (Fsp3) is 0.440. The van der Waals surface area contributed by atoms with Crippen LogP contribution in [0.4, 0.5) is 0 Å². The molecule has 0 aliphatic heterocycles. The second kappa shape index (κ2) is 11.3. The van der Waals surface area contributed by atoms with Gasteiger partial charge in [0.25, 0.3) is 5.91 Å². The van der Waals surface area contributed by atoms with Gasteiger partial charge in [-0.3, -0.25) is 9.59 Å². The fourth-order valence-electron chi connectivity index (χ4n) is 3.16. The zero-order valence-electron chi connectivity index (χ0n) is 19.3. The number of aryl methyl sites for hydroxylation is 3. The van der Waals surface area contributed by atoms with Crippen molar-refractivity contribution in [1.82, 2.24) is 10.2 Å². The number of rotatable bonds is 9. The molecule has 0 aliphatic carbocycles. The van der Waals surface area contributed by atoms with Crippen LogP contribution in [0.1, 0.15) is 49.4 Å². The van der Waals surface area contributed by atoms with Gasteiger partial charge in [0.2, 0.25) is 5.91 Å². The lowest BCUT2D eigenvalue weighted by molar-refractivity contribution is -0.142. The summed E-state index contributed by atoms with van der Waals surface area (Å²) in [5, 5.41) is 2.98. The summed E-state index contributed by atoms with van der Waals surface area (Å²) in [5.41, 5.74) is 4.20. The second-order valence-electron chi connectivity index (χ2n) is 8.16. The first kappa shape index (κ1) is 24.9. The maximum atomic E-state index is 13.1. The Balaban J connectivity index is 2.18. The molecule has 6 heteroatoms. The Kier molecular flexibility index (Phi) is 9.11. The summed E-state index contributed by atoms with van der Waals surface area (Å²) in [7, 11) is 0. The molecule has 0 unspecified atom stereocenters. The first-order chi connectivity index (χ1) is 14.6. The van der Waals surface area contributed by atoms with Gasteiger partial charge in [0.15, 0.2) is 6.61 Å². The van der Waals surface area contributed by atoms with Crippen LogP contribution >= 0.6 is 15.9 Å². The van der Waals surface area contributed by atoms with Crippen molar-refractivity contribution in [3.8, 4) is 5.75 Å². The van der Waals surface area contributed by atoms with Crippen LogP contribution in [0.2, 0.25) is 0 Å². The quantitative estimate of drug-likeness (QED) is 0.534. The smallest absolute Gasteiger partial charge is 0.261 e. The maximum Gasteiger partial charge on any atom is 0.261 e. The Bertz CT molecular complexity index is 888. The van der Waals surface area contributed by atoms with E-state index in [0.717, 1.165) is 33.1 Å². The molecule has 0 bridgehead atoms. The number of nitrogens with zero attached hydrogens (tertiary/aromatic N) is 1. The molecule has 2 aromatic rings.